The van der Waals surface area contributed by atoms with Crippen molar-refractivity contribution in [2.75, 3.05) is 4.90 Å². The molecule has 3 heteroatoms. The molecule has 0 aliphatic carbocycles. The molecular formula is C46H33N3. The van der Waals surface area contributed by atoms with Crippen molar-refractivity contribution in [2.24, 2.45) is 0 Å². The lowest BCUT2D eigenvalue weighted by atomic mass is 9.86. The van der Waals surface area contributed by atoms with Crippen LogP contribution in [0.5, 0.6) is 0 Å². The van der Waals surface area contributed by atoms with Crippen LogP contribution < -0.4 is 4.90 Å². The zero-order valence-corrected chi connectivity index (χ0v) is 27.7. The molecule has 49 heavy (non-hydrogen) atoms. The molecule has 0 atom stereocenters. The first-order valence-corrected chi connectivity index (χ1v) is 17.2. The zero-order chi connectivity index (χ0) is 32.6. The van der Waals surface area contributed by atoms with Gasteiger partial charge in [-0.3, -0.25) is 0 Å². The van der Waals surface area contributed by atoms with E-state index >= 15 is 0 Å². The monoisotopic (exact) mass is 627 g/mol. The Balaban J connectivity index is 1.29. The Morgan fingerprint density at radius 1 is 0.388 bits per heavy atom. The highest BCUT2D eigenvalue weighted by molar-refractivity contribution is 6.38. The zero-order valence-electron chi connectivity index (χ0n) is 27.7. The quantitative estimate of drug-likeness (QED) is 0.190. The molecule has 0 saturated carbocycles. The third-order valence-electron chi connectivity index (χ3n) is 10.9. The average molecular weight is 628 g/mol. The molecule has 3 nitrogen and oxygen atoms in total. The van der Waals surface area contributed by atoms with Gasteiger partial charge in [0.05, 0.1) is 33.1 Å². The smallest absolute Gasteiger partial charge is 0.0628 e. The van der Waals surface area contributed by atoms with Crippen molar-refractivity contribution in [3.63, 3.8) is 0 Å². The van der Waals surface area contributed by atoms with Gasteiger partial charge in [-0.05, 0) is 71.6 Å². The molecular weight excluding hydrogens is 595 g/mol. The summed E-state index contributed by atoms with van der Waals surface area (Å²) in [6.45, 7) is 6.90. The summed E-state index contributed by atoms with van der Waals surface area (Å²) in [5, 5.41) is 10.6. The molecule has 0 unspecified atom stereocenters. The molecule has 7 aromatic carbocycles. The number of hydrogen-bond acceptors (Lipinski definition) is 1. The number of benzene rings is 7. The molecule has 0 saturated heterocycles. The highest BCUT2D eigenvalue weighted by Gasteiger charge is 2.26. The standard InChI is InChI=1S/C46H33N3/c1-46(2,3)28-21-24-39-36(25-28)33-18-12-19-35-42-41(49(39)44(33)35)27-37-32-23-22-31(47(29-13-6-4-7-14-29)30-15-8-5-9-16-30)26-40(32)48-38-20-11-10-17-34(38)43(42)45(37)48/h4-27H,1-3H3. The van der Waals surface area contributed by atoms with Gasteiger partial charge in [0.15, 0.2) is 0 Å². The minimum atomic E-state index is 0.0846. The number of nitrogens with zero attached hydrogens (tertiary/aromatic N) is 3. The molecule has 0 aliphatic rings. The van der Waals surface area contributed by atoms with Crippen LogP contribution in [0.15, 0.2) is 146 Å². The van der Waals surface area contributed by atoms with Crippen molar-refractivity contribution < 1.29 is 0 Å². The number of para-hydroxylation sites is 4. The second-order valence-electron chi connectivity index (χ2n) is 14.6. The summed E-state index contributed by atoms with van der Waals surface area (Å²) < 4.78 is 5.07. The van der Waals surface area contributed by atoms with Gasteiger partial charge in [-0.1, -0.05) is 106 Å². The van der Waals surface area contributed by atoms with E-state index in [4.69, 9.17) is 0 Å². The highest BCUT2D eigenvalue weighted by Crippen LogP contribution is 2.49. The van der Waals surface area contributed by atoms with Crippen LogP contribution in [0.2, 0.25) is 0 Å². The van der Waals surface area contributed by atoms with Gasteiger partial charge in [0.25, 0.3) is 0 Å². The van der Waals surface area contributed by atoms with E-state index in [1.54, 1.807) is 0 Å². The Morgan fingerprint density at radius 2 is 1.04 bits per heavy atom. The van der Waals surface area contributed by atoms with Gasteiger partial charge in [-0.2, -0.15) is 0 Å². The summed E-state index contributed by atoms with van der Waals surface area (Å²) in [5.41, 5.74) is 12.5. The Morgan fingerprint density at radius 3 is 1.80 bits per heavy atom. The summed E-state index contributed by atoms with van der Waals surface area (Å²) in [6, 6.07) is 53.8. The lowest BCUT2D eigenvalue weighted by Crippen LogP contribution is -2.10. The number of anilines is 3. The summed E-state index contributed by atoms with van der Waals surface area (Å²) in [4.78, 5) is 2.36. The minimum Gasteiger partial charge on any atom is -0.310 e. The van der Waals surface area contributed by atoms with E-state index in [1.807, 2.05) is 0 Å². The molecule has 11 aromatic rings. The molecule has 4 aromatic heterocycles. The van der Waals surface area contributed by atoms with Gasteiger partial charge in [0, 0.05) is 60.2 Å². The second kappa shape index (κ2) is 9.30. The van der Waals surface area contributed by atoms with Crippen LogP contribution in [0.4, 0.5) is 17.1 Å². The summed E-state index contributed by atoms with van der Waals surface area (Å²) >= 11 is 0. The highest BCUT2D eigenvalue weighted by atomic mass is 15.1. The Hall–Kier alpha value is -6.06. The first-order chi connectivity index (χ1) is 24.0. The summed E-state index contributed by atoms with van der Waals surface area (Å²) in [5.74, 6) is 0. The van der Waals surface area contributed by atoms with E-state index in [2.05, 4.69) is 180 Å². The van der Waals surface area contributed by atoms with Gasteiger partial charge in [0.2, 0.25) is 0 Å². The summed E-state index contributed by atoms with van der Waals surface area (Å²) in [7, 11) is 0. The summed E-state index contributed by atoms with van der Waals surface area (Å²) in [6.07, 6.45) is 0. The maximum Gasteiger partial charge on any atom is 0.0628 e. The van der Waals surface area contributed by atoms with Gasteiger partial charge in [-0.25, -0.2) is 0 Å². The SMILES string of the molecule is CC(C)(C)c1ccc2c(c1)c1cccc3c4c5c6ccccc6n6c7cc(N(c8ccccc8)c8ccccc8)ccc7c(cc4n2c13)c56. The van der Waals surface area contributed by atoms with Gasteiger partial charge in [0.1, 0.15) is 0 Å². The molecule has 4 heterocycles. The van der Waals surface area contributed by atoms with Crippen LogP contribution in [0.25, 0.3) is 76.2 Å². The number of fused-ring (bicyclic) bond motifs is 13. The maximum absolute atomic E-state index is 2.54. The van der Waals surface area contributed by atoms with Crippen molar-refractivity contribution in [1.82, 2.24) is 8.80 Å². The molecule has 0 bridgehead atoms. The van der Waals surface area contributed by atoms with Crippen LogP contribution >= 0.6 is 0 Å². The van der Waals surface area contributed by atoms with Crippen LogP contribution in [-0.2, 0) is 5.41 Å². The second-order valence-corrected chi connectivity index (χ2v) is 14.6. The van der Waals surface area contributed by atoms with Crippen LogP contribution in [0.3, 0.4) is 0 Å². The first-order valence-electron chi connectivity index (χ1n) is 17.2. The van der Waals surface area contributed by atoms with E-state index in [-0.39, 0.29) is 5.41 Å². The number of aromatic nitrogens is 2. The van der Waals surface area contributed by atoms with E-state index in [0.717, 1.165) is 17.1 Å². The lowest BCUT2D eigenvalue weighted by Gasteiger charge is -2.25. The first kappa shape index (κ1) is 26.9. The van der Waals surface area contributed by atoms with E-state index < -0.39 is 0 Å². The fraction of sp³-hybridized carbons (Fsp3) is 0.0870. The Kier molecular flexibility index (Phi) is 5.11. The molecule has 232 valence electrons. The molecule has 0 fully saturated rings. The van der Waals surface area contributed by atoms with Crippen molar-refractivity contribution >= 4 is 93.3 Å². The van der Waals surface area contributed by atoms with E-state index in [1.165, 1.54) is 81.8 Å². The molecule has 11 rings (SSSR count). The number of hydrogen-bond donors (Lipinski definition) is 0. The van der Waals surface area contributed by atoms with Gasteiger partial charge >= 0.3 is 0 Å². The Labute approximate surface area is 283 Å². The molecule has 0 N–H and O–H groups in total. The fourth-order valence-electron chi connectivity index (χ4n) is 8.72. The molecule has 0 radical (unpaired) electrons. The van der Waals surface area contributed by atoms with E-state index in [9.17, 15) is 0 Å². The molecule has 0 aliphatic heterocycles. The molecule has 0 amide bonds. The fourth-order valence-corrected chi connectivity index (χ4v) is 8.72. The van der Waals surface area contributed by atoms with E-state index in [0.29, 0.717) is 0 Å². The topological polar surface area (TPSA) is 12.1 Å². The van der Waals surface area contributed by atoms with Gasteiger partial charge in [-0.15, -0.1) is 0 Å². The Bertz CT molecular complexity index is 3030. The third kappa shape index (κ3) is 3.47. The van der Waals surface area contributed by atoms with Crippen molar-refractivity contribution in [2.45, 2.75) is 26.2 Å². The van der Waals surface area contributed by atoms with Crippen LogP contribution in [-0.4, -0.2) is 8.80 Å². The maximum atomic E-state index is 2.54. The van der Waals surface area contributed by atoms with Crippen LogP contribution in [0.1, 0.15) is 26.3 Å². The normalized spacial score (nSPS) is 12.8. The largest absolute Gasteiger partial charge is 0.310 e. The van der Waals surface area contributed by atoms with Crippen molar-refractivity contribution in [3.05, 3.63) is 151 Å². The van der Waals surface area contributed by atoms with Gasteiger partial charge < -0.3 is 13.7 Å². The minimum absolute atomic E-state index is 0.0846. The molecule has 0 spiro atoms. The number of rotatable bonds is 3. The predicted molar refractivity (Wildman–Crippen MR) is 209 cm³/mol. The van der Waals surface area contributed by atoms with Crippen LogP contribution in [0, 0.1) is 0 Å². The lowest BCUT2D eigenvalue weighted by molar-refractivity contribution is 0.591. The predicted octanol–water partition coefficient (Wildman–Crippen LogP) is 12.8. The average Bonchev–Trinajstić information content (AvgIpc) is 3.85. The van der Waals surface area contributed by atoms with Crippen molar-refractivity contribution in [3.8, 4) is 0 Å². The third-order valence-corrected chi connectivity index (χ3v) is 10.9. The van der Waals surface area contributed by atoms with Crippen molar-refractivity contribution in [1.29, 1.82) is 0 Å².